The molecule has 0 aromatic heterocycles. The maximum absolute atomic E-state index is 11.6. The molecule has 0 radical (unpaired) electrons. The number of esters is 1. The Kier molecular flexibility index (Phi) is 5.79. The largest absolute Gasteiger partial charge is 0.467 e. The lowest BCUT2D eigenvalue weighted by molar-refractivity contribution is -0.158. The van der Waals surface area contributed by atoms with Crippen molar-refractivity contribution in [3.05, 3.63) is 12.7 Å². The lowest BCUT2D eigenvalue weighted by Crippen LogP contribution is -2.36. The molecular weight excluding hydrogens is 184 g/mol. The Hall–Kier alpha value is -1.16. The van der Waals surface area contributed by atoms with Gasteiger partial charge in [0.05, 0.1) is 7.11 Å². The molecule has 0 aromatic carbocycles. The van der Waals surface area contributed by atoms with Crippen molar-refractivity contribution in [2.24, 2.45) is 5.92 Å². The van der Waals surface area contributed by atoms with Crippen molar-refractivity contribution < 1.29 is 19.1 Å². The van der Waals surface area contributed by atoms with E-state index in [0.717, 1.165) is 0 Å². The zero-order valence-electron chi connectivity index (χ0n) is 8.78. The van der Waals surface area contributed by atoms with Crippen LogP contribution in [0.2, 0.25) is 0 Å². The number of hydrogen-bond donors (Lipinski definition) is 0. The minimum atomic E-state index is -1.12. The van der Waals surface area contributed by atoms with Gasteiger partial charge in [0.1, 0.15) is 0 Å². The van der Waals surface area contributed by atoms with E-state index in [0.29, 0.717) is 6.42 Å². The Morgan fingerprint density at radius 3 is 2.36 bits per heavy atom. The van der Waals surface area contributed by atoms with Crippen LogP contribution in [-0.2, 0) is 19.1 Å². The molecule has 0 saturated carbocycles. The van der Waals surface area contributed by atoms with Crippen molar-refractivity contribution in [3.63, 3.8) is 0 Å². The third kappa shape index (κ3) is 3.30. The zero-order chi connectivity index (χ0) is 11.1. The highest BCUT2D eigenvalue weighted by molar-refractivity contribution is 6.02. The summed E-state index contributed by atoms with van der Waals surface area (Å²) in [7, 11) is 2.53. The molecular formula is C10H16O4. The second-order valence-electron chi connectivity index (χ2n) is 2.97. The highest BCUT2D eigenvalue weighted by Gasteiger charge is 2.30. The standard InChI is InChI=1S/C10H16O4/c1-5-6-7(2)8(11)9(13-3)10(12)14-4/h5,7,9H,1,6H2,2-4H3. The van der Waals surface area contributed by atoms with Crippen molar-refractivity contribution in [1.29, 1.82) is 0 Å². The van der Waals surface area contributed by atoms with E-state index >= 15 is 0 Å². The molecule has 14 heavy (non-hydrogen) atoms. The Morgan fingerprint density at radius 1 is 1.43 bits per heavy atom. The average Bonchev–Trinajstić information content (AvgIpc) is 2.18. The van der Waals surface area contributed by atoms with E-state index in [-0.39, 0.29) is 11.7 Å². The van der Waals surface area contributed by atoms with Gasteiger partial charge in [-0.05, 0) is 6.42 Å². The topological polar surface area (TPSA) is 52.6 Å². The van der Waals surface area contributed by atoms with Crippen LogP contribution >= 0.6 is 0 Å². The van der Waals surface area contributed by atoms with Gasteiger partial charge in [-0.1, -0.05) is 13.0 Å². The molecule has 80 valence electrons. The summed E-state index contributed by atoms with van der Waals surface area (Å²) in [5.74, 6) is -1.22. The van der Waals surface area contributed by atoms with Crippen LogP contribution in [0.5, 0.6) is 0 Å². The van der Waals surface area contributed by atoms with Crippen molar-refractivity contribution in [1.82, 2.24) is 0 Å². The monoisotopic (exact) mass is 200 g/mol. The maximum atomic E-state index is 11.6. The second kappa shape index (κ2) is 6.32. The zero-order valence-corrected chi connectivity index (χ0v) is 8.78. The molecule has 0 heterocycles. The number of Topliss-reactive ketones (excluding diaryl/α,β-unsaturated/α-hetero) is 1. The van der Waals surface area contributed by atoms with Crippen molar-refractivity contribution in [2.75, 3.05) is 14.2 Å². The first-order chi connectivity index (χ1) is 6.58. The van der Waals surface area contributed by atoms with Gasteiger partial charge in [0, 0.05) is 13.0 Å². The van der Waals surface area contributed by atoms with E-state index in [1.54, 1.807) is 13.0 Å². The summed E-state index contributed by atoms with van der Waals surface area (Å²) >= 11 is 0. The fraction of sp³-hybridized carbons (Fsp3) is 0.600. The number of carbonyl (C=O) groups excluding carboxylic acids is 2. The molecule has 0 aliphatic heterocycles. The molecule has 0 N–H and O–H groups in total. The summed E-state index contributed by atoms with van der Waals surface area (Å²) in [6.07, 6.45) is 1.04. The number of methoxy groups -OCH3 is 2. The third-order valence-corrected chi connectivity index (χ3v) is 1.92. The van der Waals surface area contributed by atoms with Crippen LogP contribution in [0.25, 0.3) is 0 Å². The highest BCUT2D eigenvalue weighted by Crippen LogP contribution is 2.09. The van der Waals surface area contributed by atoms with Gasteiger partial charge in [-0.3, -0.25) is 4.79 Å². The van der Waals surface area contributed by atoms with E-state index in [9.17, 15) is 9.59 Å². The molecule has 0 saturated heterocycles. The van der Waals surface area contributed by atoms with E-state index in [2.05, 4.69) is 11.3 Å². The Balaban J connectivity index is 4.44. The van der Waals surface area contributed by atoms with E-state index < -0.39 is 12.1 Å². The van der Waals surface area contributed by atoms with Crippen molar-refractivity contribution in [3.8, 4) is 0 Å². The van der Waals surface area contributed by atoms with Crippen LogP contribution < -0.4 is 0 Å². The number of carbonyl (C=O) groups is 2. The van der Waals surface area contributed by atoms with Crippen LogP contribution in [0.4, 0.5) is 0 Å². The van der Waals surface area contributed by atoms with E-state index in [1.807, 2.05) is 0 Å². The maximum Gasteiger partial charge on any atom is 0.342 e. The third-order valence-electron chi connectivity index (χ3n) is 1.92. The number of rotatable bonds is 6. The molecule has 2 unspecified atom stereocenters. The SMILES string of the molecule is C=CCC(C)C(=O)C(OC)C(=O)OC. The molecule has 0 spiro atoms. The summed E-state index contributed by atoms with van der Waals surface area (Å²) in [6, 6.07) is 0. The Bertz CT molecular complexity index is 222. The first-order valence-corrected chi connectivity index (χ1v) is 4.33. The number of hydrogen-bond acceptors (Lipinski definition) is 4. The normalized spacial score (nSPS) is 14.2. The molecule has 0 aliphatic rings. The Labute approximate surface area is 83.9 Å². The van der Waals surface area contributed by atoms with Crippen LogP contribution in [0.3, 0.4) is 0 Å². The number of allylic oxidation sites excluding steroid dienone is 1. The Morgan fingerprint density at radius 2 is 2.00 bits per heavy atom. The van der Waals surface area contributed by atoms with Gasteiger partial charge >= 0.3 is 5.97 Å². The van der Waals surface area contributed by atoms with Crippen LogP contribution in [-0.4, -0.2) is 32.1 Å². The quantitative estimate of drug-likeness (QED) is 0.364. The fourth-order valence-corrected chi connectivity index (χ4v) is 1.06. The summed E-state index contributed by atoms with van der Waals surface area (Å²) < 4.78 is 9.22. The molecule has 0 aromatic rings. The van der Waals surface area contributed by atoms with Gasteiger partial charge in [-0.2, -0.15) is 0 Å². The van der Waals surface area contributed by atoms with Crippen LogP contribution in [0, 0.1) is 5.92 Å². The number of ketones is 1. The summed E-state index contributed by atoms with van der Waals surface area (Å²) in [5.41, 5.74) is 0. The van der Waals surface area contributed by atoms with E-state index in [1.165, 1.54) is 14.2 Å². The van der Waals surface area contributed by atoms with Crippen LogP contribution in [0.15, 0.2) is 12.7 Å². The summed E-state index contributed by atoms with van der Waals surface area (Å²) in [4.78, 5) is 22.7. The van der Waals surface area contributed by atoms with E-state index in [4.69, 9.17) is 4.74 Å². The summed E-state index contributed by atoms with van der Waals surface area (Å²) in [5, 5.41) is 0. The molecule has 4 nitrogen and oxygen atoms in total. The van der Waals surface area contributed by atoms with Crippen molar-refractivity contribution >= 4 is 11.8 Å². The molecule has 0 rings (SSSR count). The summed E-state index contributed by atoms with van der Waals surface area (Å²) in [6.45, 7) is 5.25. The lowest BCUT2D eigenvalue weighted by atomic mass is 9.98. The molecule has 0 aliphatic carbocycles. The molecule has 2 atom stereocenters. The molecule has 0 fully saturated rings. The fourth-order valence-electron chi connectivity index (χ4n) is 1.06. The second-order valence-corrected chi connectivity index (χ2v) is 2.97. The smallest absolute Gasteiger partial charge is 0.342 e. The van der Waals surface area contributed by atoms with Crippen molar-refractivity contribution in [2.45, 2.75) is 19.4 Å². The lowest BCUT2D eigenvalue weighted by Gasteiger charge is -2.15. The predicted octanol–water partition coefficient (Wildman–Crippen LogP) is 0.956. The predicted molar refractivity (Wildman–Crippen MR) is 51.8 cm³/mol. The van der Waals surface area contributed by atoms with Gasteiger partial charge < -0.3 is 9.47 Å². The minimum absolute atomic E-state index is 0.278. The van der Waals surface area contributed by atoms with Gasteiger partial charge in [-0.25, -0.2) is 4.79 Å². The molecule has 0 amide bonds. The molecule has 0 bridgehead atoms. The average molecular weight is 200 g/mol. The highest BCUT2D eigenvalue weighted by atomic mass is 16.6. The van der Waals surface area contributed by atoms with Gasteiger partial charge in [-0.15, -0.1) is 6.58 Å². The number of ether oxygens (including phenoxy) is 2. The van der Waals surface area contributed by atoms with Gasteiger partial charge in [0.25, 0.3) is 0 Å². The first kappa shape index (κ1) is 12.8. The first-order valence-electron chi connectivity index (χ1n) is 4.33. The van der Waals surface area contributed by atoms with Gasteiger partial charge in [0.15, 0.2) is 5.78 Å². The van der Waals surface area contributed by atoms with Crippen LogP contribution in [0.1, 0.15) is 13.3 Å². The minimum Gasteiger partial charge on any atom is -0.467 e. The van der Waals surface area contributed by atoms with Gasteiger partial charge in [0.2, 0.25) is 6.10 Å². The molecule has 4 heteroatoms.